The second kappa shape index (κ2) is 6.22. The van der Waals surface area contributed by atoms with Gasteiger partial charge in [0.15, 0.2) is 5.58 Å². The Morgan fingerprint density at radius 3 is 2.92 bits per heavy atom. The molecule has 0 amide bonds. The van der Waals surface area contributed by atoms with E-state index >= 15 is 0 Å². The van der Waals surface area contributed by atoms with Gasteiger partial charge in [-0.05, 0) is 31.0 Å². The minimum absolute atomic E-state index is 0.0491. The van der Waals surface area contributed by atoms with Gasteiger partial charge in [-0.2, -0.15) is 9.40 Å². The predicted octanol–water partition coefficient (Wildman–Crippen LogP) is 0.531. The van der Waals surface area contributed by atoms with Gasteiger partial charge in [0.2, 0.25) is 10.0 Å². The summed E-state index contributed by atoms with van der Waals surface area (Å²) in [6.45, 7) is 0.560. The highest BCUT2D eigenvalue weighted by atomic mass is 32.2. The number of H-pyrrole nitrogens is 1. The maximum Gasteiger partial charge on any atom is 0.417 e. The molecule has 136 valence electrons. The molecule has 1 saturated heterocycles. The number of benzene rings is 1. The van der Waals surface area contributed by atoms with Crippen molar-refractivity contribution in [3.05, 3.63) is 57.4 Å². The zero-order valence-corrected chi connectivity index (χ0v) is 14.5. The van der Waals surface area contributed by atoms with E-state index in [1.165, 1.54) is 39.4 Å². The molecule has 3 heterocycles. The van der Waals surface area contributed by atoms with Crippen LogP contribution in [0.2, 0.25) is 0 Å². The summed E-state index contributed by atoms with van der Waals surface area (Å²) >= 11 is 0. The van der Waals surface area contributed by atoms with Crippen LogP contribution in [0.1, 0.15) is 12.8 Å². The van der Waals surface area contributed by atoms with Crippen molar-refractivity contribution < 1.29 is 12.8 Å². The molecule has 10 heteroatoms. The van der Waals surface area contributed by atoms with Gasteiger partial charge >= 0.3 is 5.76 Å². The first-order chi connectivity index (χ1) is 12.4. The Labute approximate surface area is 147 Å². The lowest BCUT2D eigenvalue weighted by Crippen LogP contribution is -2.40. The quantitative estimate of drug-likeness (QED) is 0.710. The highest BCUT2D eigenvalue weighted by molar-refractivity contribution is 7.89. The Bertz CT molecular complexity index is 1180. The van der Waals surface area contributed by atoms with Gasteiger partial charge in [0.1, 0.15) is 0 Å². The largest absolute Gasteiger partial charge is 0.417 e. The molecular formula is C16H16N4O5S. The number of aromatic nitrogens is 3. The van der Waals surface area contributed by atoms with Gasteiger partial charge < -0.3 is 4.42 Å². The summed E-state index contributed by atoms with van der Waals surface area (Å²) in [5.74, 6) is -0.636. The standard InChI is InChI=1S/C16H16N4O5S/c21-15-4-1-7-17-19(15)10-11-3-2-8-20(11)26(23,24)12-5-6-13-14(9-12)25-16(22)18-13/h1,4-7,9,11H,2-3,8,10H2,(H,18,22). The molecule has 0 bridgehead atoms. The van der Waals surface area contributed by atoms with E-state index in [1.54, 1.807) is 6.07 Å². The highest BCUT2D eigenvalue weighted by Gasteiger charge is 2.36. The molecule has 1 fully saturated rings. The van der Waals surface area contributed by atoms with Crippen LogP contribution in [0.3, 0.4) is 0 Å². The Balaban J connectivity index is 1.68. The van der Waals surface area contributed by atoms with E-state index in [9.17, 15) is 18.0 Å². The van der Waals surface area contributed by atoms with E-state index < -0.39 is 15.8 Å². The van der Waals surface area contributed by atoms with Crippen LogP contribution < -0.4 is 11.3 Å². The van der Waals surface area contributed by atoms with Gasteiger partial charge in [0, 0.05) is 30.9 Å². The first-order valence-electron chi connectivity index (χ1n) is 8.12. The lowest BCUT2D eigenvalue weighted by atomic mass is 10.2. The SMILES string of the molecule is O=c1[nH]c2ccc(S(=O)(=O)N3CCCC3Cn3ncccc3=O)cc2o1. The highest BCUT2D eigenvalue weighted by Crippen LogP contribution is 2.28. The van der Waals surface area contributed by atoms with Crippen molar-refractivity contribution in [2.45, 2.75) is 30.3 Å². The summed E-state index contributed by atoms with van der Waals surface area (Å²) in [4.78, 5) is 25.7. The zero-order chi connectivity index (χ0) is 18.3. The molecule has 1 N–H and O–H groups in total. The van der Waals surface area contributed by atoms with Crippen LogP contribution in [0.5, 0.6) is 0 Å². The first kappa shape index (κ1) is 16.7. The Hall–Kier alpha value is -2.72. The fourth-order valence-corrected chi connectivity index (χ4v) is 4.95. The Morgan fingerprint density at radius 2 is 2.12 bits per heavy atom. The molecule has 2 aromatic heterocycles. The third-order valence-corrected chi connectivity index (χ3v) is 6.44. The summed E-state index contributed by atoms with van der Waals surface area (Å²) in [5.41, 5.74) is 0.354. The molecule has 9 nitrogen and oxygen atoms in total. The van der Waals surface area contributed by atoms with Gasteiger partial charge in [-0.3, -0.25) is 9.78 Å². The number of rotatable bonds is 4. The maximum atomic E-state index is 13.1. The van der Waals surface area contributed by atoms with E-state index in [0.717, 1.165) is 0 Å². The summed E-state index contributed by atoms with van der Waals surface area (Å²) in [6, 6.07) is 6.85. The topological polar surface area (TPSA) is 118 Å². The monoisotopic (exact) mass is 376 g/mol. The molecule has 1 aliphatic heterocycles. The fraction of sp³-hybridized carbons (Fsp3) is 0.312. The number of fused-ring (bicyclic) bond motifs is 1. The fourth-order valence-electron chi connectivity index (χ4n) is 3.25. The summed E-state index contributed by atoms with van der Waals surface area (Å²) < 4.78 is 33.7. The van der Waals surface area contributed by atoms with Gasteiger partial charge in [0.25, 0.3) is 5.56 Å². The first-order valence-corrected chi connectivity index (χ1v) is 9.56. The predicted molar refractivity (Wildman–Crippen MR) is 92.2 cm³/mol. The number of oxazole rings is 1. The molecule has 3 aromatic rings. The van der Waals surface area contributed by atoms with Crippen molar-refractivity contribution in [1.29, 1.82) is 0 Å². The second-order valence-corrected chi connectivity index (χ2v) is 8.02. The minimum atomic E-state index is -3.79. The van der Waals surface area contributed by atoms with E-state index in [4.69, 9.17) is 4.42 Å². The third-order valence-electron chi connectivity index (χ3n) is 4.49. The number of nitrogens with one attached hydrogen (secondary N) is 1. The van der Waals surface area contributed by atoms with Gasteiger partial charge in [0.05, 0.1) is 17.0 Å². The smallest absolute Gasteiger partial charge is 0.408 e. The van der Waals surface area contributed by atoms with Gasteiger partial charge in [-0.1, -0.05) is 0 Å². The van der Waals surface area contributed by atoms with Crippen LogP contribution in [-0.4, -0.2) is 40.1 Å². The lowest BCUT2D eigenvalue weighted by Gasteiger charge is -2.24. The molecule has 1 aliphatic rings. The molecule has 1 atom stereocenters. The van der Waals surface area contributed by atoms with Crippen molar-refractivity contribution in [1.82, 2.24) is 19.1 Å². The van der Waals surface area contributed by atoms with Crippen molar-refractivity contribution in [2.24, 2.45) is 0 Å². The zero-order valence-electron chi connectivity index (χ0n) is 13.7. The summed E-state index contributed by atoms with van der Waals surface area (Å²) in [5, 5.41) is 4.00. The summed E-state index contributed by atoms with van der Waals surface area (Å²) in [7, 11) is -3.79. The van der Waals surface area contributed by atoms with Crippen molar-refractivity contribution >= 4 is 21.1 Å². The van der Waals surface area contributed by atoms with Gasteiger partial charge in [-0.25, -0.2) is 17.9 Å². The number of sulfonamides is 1. The maximum absolute atomic E-state index is 13.1. The molecule has 0 spiro atoms. The molecule has 1 unspecified atom stereocenters. The van der Waals surface area contributed by atoms with Crippen LogP contribution >= 0.6 is 0 Å². The van der Waals surface area contributed by atoms with E-state index in [0.29, 0.717) is 24.9 Å². The molecular weight excluding hydrogens is 360 g/mol. The van der Waals surface area contributed by atoms with E-state index in [1.807, 2.05) is 0 Å². The van der Waals surface area contributed by atoms with Crippen LogP contribution in [0, 0.1) is 0 Å². The minimum Gasteiger partial charge on any atom is -0.408 e. The normalized spacial score (nSPS) is 18.5. The number of hydrogen-bond donors (Lipinski definition) is 1. The summed E-state index contributed by atoms with van der Waals surface area (Å²) in [6.07, 6.45) is 2.84. The molecule has 1 aromatic carbocycles. The van der Waals surface area contributed by atoms with E-state index in [2.05, 4.69) is 10.1 Å². The van der Waals surface area contributed by atoms with Crippen molar-refractivity contribution in [3.63, 3.8) is 0 Å². The van der Waals surface area contributed by atoms with Crippen LogP contribution in [0.15, 0.2) is 55.4 Å². The average molecular weight is 376 g/mol. The van der Waals surface area contributed by atoms with Gasteiger partial charge in [-0.15, -0.1) is 0 Å². The van der Waals surface area contributed by atoms with Crippen molar-refractivity contribution in [3.8, 4) is 0 Å². The molecule has 0 radical (unpaired) electrons. The van der Waals surface area contributed by atoms with E-state index in [-0.39, 0.29) is 28.6 Å². The number of hydrogen-bond acceptors (Lipinski definition) is 6. The molecule has 0 aliphatic carbocycles. The van der Waals surface area contributed by atoms with Crippen LogP contribution in [-0.2, 0) is 16.6 Å². The molecule has 0 saturated carbocycles. The number of aromatic amines is 1. The number of nitrogens with zero attached hydrogens (tertiary/aromatic N) is 3. The second-order valence-electron chi connectivity index (χ2n) is 6.13. The average Bonchev–Trinajstić information content (AvgIpc) is 3.21. The molecule has 4 rings (SSSR count). The Morgan fingerprint density at radius 1 is 1.27 bits per heavy atom. The van der Waals surface area contributed by atoms with Crippen molar-refractivity contribution in [2.75, 3.05) is 6.54 Å². The van der Waals surface area contributed by atoms with Crippen LogP contribution in [0.25, 0.3) is 11.1 Å². The lowest BCUT2D eigenvalue weighted by molar-refractivity contribution is 0.335. The third kappa shape index (κ3) is 2.86. The Kier molecular flexibility index (Phi) is 4.00. The molecule has 26 heavy (non-hydrogen) atoms. The van der Waals surface area contributed by atoms with Crippen LogP contribution in [0.4, 0.5) is 0 Å².